The highest BCUT2D eigenvalue weighted by atomic mass is 32.2. The van der Waals surface area contributed by atoms with Gasteiger partial charge < -0.3 is 25.8 Å². The first-order valence-corrected chi connectivity index (χ1v) is 15.4. The van der Waals surface area contributed by atoms with Crippen molar-refractivity contribution in [2.75, 3.05) is 37.1 Å². The molecule has 10 nitrogen and oxygen atoms in total. The Morgan fingerprint density at radius 3 is 2.24 bits per heavy atom. The second-order valence-corrected chi connectivity index (χ2v) is 12.5. The third-order valence-corrected chi connectivity index (χ3v) is 9.56. The molecule has 3 aromatic carbocycles. The molecule has 0 radical (unpaired) electrons. The van der Waals surface area contributed by atoms with Gasteiger partial charge >= 0.3 is 0 Å². The zero-order valence-corrected chi connectivity index (χ0v) is 23.7. The number of halogens is 1. The third kappa shape index (κ3) is 5.57. The number of rotatable bonds is 8. The van der Waals surface area contributed by atoms with E-state index in [4.69, 9.17) is 15.2 Å². The maximum atomic E-state index is 13.9. The lowest BCUT2D eigenvalue weighted by Crippen LogP contribution is -2.30. The minimum Gasteiger partial charge on any atom is -0.382 e. The van der Waals surface area contributed by atoms with E-state index in [1.165, 1.54) is 30.3 Å². The minimum absolute atomic E-state index is 0.00724. The number of H-pyrrole nitrogens is 1. The van der Waals surface area contributed by atoms with Gasteiger partial charge in [-0.15, -0.1) is 0 Å². The number of hydrogen-bond acceptors (Lipinski definition) is 8. The van der Waals surface area contributed by atoms with Crippen molar-refractivity contribution in [1.82, 2.24) is 10.2 Å². The first kappa shape index (κ1) is 28.1. The number of aromatic nitrogens is 2. The molecule has 2 aliphatic heterocycles. The molecule has 2 saturated heterocycles. The number of amides is 1. The van der Waals surface area contributed by atoms with Gasteiger partial charge in [-0.25, -0.2) is 12.8 Å². The molecule has 42 heavy (non-hydrogen) atoms. The van der Waals surface area contributed by atoms with Gasteiger partial charge in [0.2, 0.25) is 9.84 Å². The number of benzene rings is 3. The molecule has 0 unspecified atom stereocenters. The second kappa shape index (κ2) is 11.7. The normalized spacial score (nSPS) is 16.9. The number of primary amides is 1. The summed E-state index contributed by atoms with van der Waals surface area (Å²) in [5, 5.41) is 15.3. The lowest BCUT2D eigenvalue weighted by atomic mass is 9.96. The van der Waals surface area contributed by atoms with Crippen molar-refractivity contribution in [1.29, 1.82) is 0 Å². The van der Waals surface area contributed by atoms with Crippen LogP contribution in [0, 0.1) is 5.82 Å². The van der Waals surface area contributed by atoms with Crippen LogP contribution < -0.4 is 16.4 Å². The molecule has 220 valence electrons. The molecule has 4 aromatic rings. The van der Waals surface area contributed by atoms with Crippen LogP contribution >= 0.6 is 0 Å². The standard InChI is InChI=1S/C30H32FN5O5S/c31-18-2-1-3-21(16-18)42(38,39)22-4-6-25-24(17-22)29(36-35-25)27-26(33-19-8-12-40-13-9-19)7-5-23(30(32)37)28(27)34-20-10-14-41-15-11-20/h1-7,16-17,19-20,33-34H,8-15H2,(H2,32,37)(H,35,36). The van der Waals surface area contributed by atoms with Crippen LogP contribution in [0.1, 0.15) is 36.0 Å². The van der Waals surface area contributed by atoms with Gasteiger partial charge in [0.15, 0.2) is 0 Å². The molecule has 1 amide bonds. The van der Waals surface area contributed by atoms with E-state index in [-0.39, 0.29) is 21.9 Å². The van der Waals surface area contributed by atoms with Gasteiger partial charge in [-0.05, 0) is 74.2 Å². The lowest BCUT2D eigenvalue weighted by molar-refractivity contribution is 0.0904. The van der Waals surface area contributed by atoms with E-state index in [1.54, 1.807) is 12.1 Å². The molecular formula is C30H32FN5O5S. The second-order valence-electron chi connectivity index (χ2n) is 10.6. The average Bonchev–Trinajstić information content (AvgIpc) is 3.41. The van der Waals surface area contributed by atoms with E-state index in [0.717, 1.165) is 37.4 Å². The number of nitrogens with one attached hydrogen (secondary N) is 3. The molecule has 0 aliphatic carbocycles. The van der Waals surface area contributed by atoms with Crippen LogP contribution in [-0.2, 0) is 19.3 Å². The topological polar surface area (TPSA) is 148 Å². The fraction of sp³-hybridized carbons (Fsp3) is 0.333. The van der Waals surface area contributed by atoms with Crippen molar-refractivity contribution >= 4 is 38.0 Å². The number of carbonyl (C=O) groups is 1. The minimum atomic E-state index is -4.03. The van der Waals surface area contributed by atoms with E-state index in [2.05, 4.69) is 20.8 Å². The number of nitrogens with two attached hydrogens (primary N) is 1. The van der Waals surface area contributed by atoms with Crippen LogP contribution in [0.3, 0.4) is 0 Å². The quantitative estimate of drug-likeness (QED) is 0.234. The summed E-state index contributed by atoms with van der Waals surface area (Å²) in [6.07, 6.45) is 3.09. The predicted octanol–water partition coefficient (Wildman–Crippen LogP) is 4.48. The smallest absolute Gasteiger partial charge is 0.250 e. The van der Waals surface area contributed by atoms with Crippen LogP contribution in [0.15, 0.2) is 64.4 Å². The van der Waals surface area contributed by atoms with E-state index in [1.807, 2.05) is 6.07 Å². The molecule has 0 spiro atoms. The largest absolute Gasteiger partial charge is 0.382 e. The highest BCUT2D eigenvalue weighted by Crippen LogP contribution is 2.42. The molecule has 2 fully saturated rings. The summed E-state index contributed by atoms with van der Waals surface area (Å²) in [4.78, 5) is 12.5. The van der Waals surface area contributed by atoms with Gasteiger partial charge in [0.05, 0.1) is 26.6 Å². The van der Waals surface area contributed by atoms with Crippen LogP contribution in [-0.4, -0.2) is 63.0 Å². The number of aromatic amines is 1. The summed E-state index contributed by atoms with van der Waals surface area (Å²) >= 11 is 0. The summed E-state index contributed by atoms with van der Waals surface area (Å²) in [5.41, 5.74) is 9.08. The molecule has 1 aromatic heterocycles. The highest BCUT2D eigenvalue weighted by molar-refractivity contribution is 7.91. The molecule has 3 heterocycles. The first-order valence-electron chi connectivity index (χ1n) is 14.0. The molecule has 6 rings (SSSR count). The zero-order chi connectivity index (χ0) is 29.3. The summed E-state index contributed by atoms with van der Waals surface area (Å²) in [6.45, 7) is 2.44. The van der Waals surface area contributed by atoms with Crippen molar-refractivity contribution in [2.45, 2.75) is 47.6 Å². The van der Waals surface area contributed by atoms with Gasteiger partial charge in [0.25, 0.3) is 5.91 Å². The zero-order valence-electron chi connectivity index (χ0n) is 22.9. The van der Waals surface area contributed by atoms with Gasteiger partial charge in [-0.2, -0.15) is 5.10 Å². The summed E-state index contributed by atoms with van der Waals surface area (Å²) in [7, 11) is -4.03. The Morgan fingerprint density at radius 1 is 0.905 bits per heavy atom. The van der Waals surface area contributed by atoms with E-state index < -0.39 is 21.6 Å². The predicted molar refractivity (Wildman–Crippen MR) is 157 cm³/mol. The van der Waals surface area contributed by atoms with Crippen LogP contribution in [0.2, 0.25) is 0 Å². The van der Waals surface area contributed by atoms with Crippen molar-refractivity contribution in [3.63, 3.8) is 0 Å². The first-order chi connectivity index (χ1) is 20.3. The maximum absolute atomic E-state index is 13.9. The molecule has 0 saturated carbocycles. The monoisotopic (exact) mass is 593 g/mol. The van der Waals surface area contributed by atoms with Gasteiger partial charge in [0.1, 0.15) is 11.5 Å². The average molecular weight is 594 g/mol. The van der Waals surface area contributed by atoms with E-state index in [0.29, 0.717) is 59.8 Å². The number of ether oxygens (including phenoxy) is 2. The Kier molecular flexibility index (Phi) is 7.84. The Labute approximate surface area is 242 Å². The van der Waals surface area contributed by atoms with Gasteiger partial charge in [0, 0.05) is 55.1 Å². The third-order valence-electron chi connectivity index (χ3n) is 7.81. The number of hydrogen-bond donors (Lipinski definition) is 4. The number of nitrogens with zero attached hydrogens (tertiary/aromatic N) is 1. The summed E-state index contributed by atoms with van der Waals surface area (Å²) < 4.78 is 52.0. The van der Waals surface area contributed by atoms with Crippen molar-refractivity contribution in [3.05, 3.63) is 66.0 Å². The maximum Gasteiger partial charge on any atom is 0.250 e. The van der Waals surface area contributed by atoms with Crippen LogP contribution in [0.25, 0.3) is 22.2 Å². The van der Waals surface area contributed by atoms with Crippen molar-refractivity contribution < 1.29 is 27.1 Å². The molecule has 2 aliphatic rings. The fourth-order valence-corrected chi connectivity index (χ4v) is 6.87. The van der Waals surface area contributed by atoms with Crippen molar-refractivity contribution in [2.24, 2.45) is 5.73 Å². The number of fused-ring (bicyclic) bond motifs is 1. The Bertz CT molecular complexity index is 1730. The summed E-state index contributed by atoms with van der Waals surface area (Å²) in [5.74, 6) is -1.24. The number of carbonyl (C=O) groups excluding carboxylic acids is 1. The number of sulfone groups is 1. The summed E-state index contributed by atoms with van der Waals surface area (Å²) in [6, 6.07) is 13.2. The Hall–Kier alpha value is -4.00. The lowest BCUT2D eigenvalue weighted by Gasteiger charge is -2.29. The molecule has 0 bridgehead atoms. The highest BCUT2D eigenvalue weighted by Gasteiger charge is 2.27. The SMILES string of the molecule is NC(=O)c1ccc(NC2CCOCC2)c(-c2n[nH]c3ccc(S(=O)(=O)c4cccc(F)c4)cc23)c1NC1CCOCC1. The fourth-order valence-electron chi connectivity index (χ4n) is 5.55. The van der Waals surface area contributed by atoms with Crippen LogP contribution in [0.4, 0.5) is 15.8 Å². The number of anilines is 2. The molecule has 0 atom stereocenters. The molecular weight excluding hydrogens is 561 g/mol. The Balaban J connectivity index is 1.53. The van der Waals surface area contributed by atoms with Gasteiger partial charge in [-0.3, -0.25) is 9.89 Å². The molecule has 12 heteroatoms. The van der Waals surface area contributed by atoms with Crippen LogP contribution in [0.5, 0.6) is 0 Å². The van der Waals surface area contributed by atoms with Crippen molar-refractivity contribution in [3.8, 4) is 11.3 Å². The molecule has 5 N–H and O–H groups in total. The van der Waals surface area contributed by atoms with Gasteiger partial charge in [-0.1, -0.05) is 6.07 Å². The van der Waals surface area contributed by atoms with E-state index >= 15 is 0 Å². The Morgan fingerprint density at radius 2 is 1.57 bits per heavy atom. The van der Waals surface area contributed by atoms with E-state index in [9.17, 15) is 17.6 Å².